The molecular weight excluding hydrogens is 284 g/mol. The number of anilines is 1. The summed E-state index contributed by atoms with van der Waals surface area (Å²) in [5, 5.41) is 8.78. The minimum Gasteiger partial charge on any atom is -0.353 e. The summed E-state index contributed by atoms with van der Waals surface area (Å²) < 4.78 is 0. The smallest absolute Gasteiger partial charge is 0.243 e. The summed E-state index contributed by atoms with van der Waals surface area (Å²) in [4.78, 5) is 29.3. The molecule has 8 heteroatoms. The van der Waals surface area contributed by atoms with Crippen molar-refractivity contribution in [2.24, 2.45) is 5.11 Å². The number of amides is 2. The first-order chi connectivity index (χ1) is 10.7. The summed E-state index contributed by atoms with van der Waals surface area (Å²) >= 11 is 0. The van der Waals surface area contributed by atoms with Crippen LogP contribution in [-0.4, -0.2) is 23.3 Å². The van der Waals surface area contributed by atoms with Crippen molar-refractivity contribution in [2.45, 2.75) is 25.8 Å². The van der Waals surface area contributed by atoms with E-state index < -0.39 is 0 Å². The maximum absolute atomic E-state index is 11.7. The highest BCUT2D eigenvalue weighted by atomic mass is 16.2. The van der Waals surface area contributed by atoms with Crippen LogP contribution >= 0.6 is 0 Å². The highest BCUT2D eigenvalue weighted by Gasteiger charge is 2.03. The fourth-order valence-corrected chi connectivity index (χ4v) is 1.61. The Kier molecular flexibility index (Phi) is 7.78. The molecule has 0 saturated heterocycles. The molecule has 22 heavy (non-hydrogen) atoms. The van der Waals surface area contributed by atoms with Crippen LogP contribution in [0.15, 0.2) is 36.1 Å². The van der Waals surface area contributed by atoms with Gasteiger partial charge < -0.3 is 10.6 Å². The summed E-state index contributed by atoms with van der Waals surface area (Å²) in [6.07, 6.45) is 4.49. The lowest BCUT2D eigenvalue weighted by molar-refractivity contribution is -0.116. The number of azide groups is 1. The minimum atomic E-state index is -0.212. The Morgan fingerprint density at radius 2 is 2.23 bits per heavy atom. The summed E-state index contributed by atoms with van der Waals surface area (Å²) in [5.41, 5.74) is 9.44. The Balaban J connectivity index is 2.25. The Labute approximate surface area is 128 Å². The second-order valence-corrected chi connectivity index (χ2v) is 4.43. The first kappa shape index (κ1) is 17.2. The van der Waals surface area contributed by atoms with Crippen LogP contribution in [0, 0.1) is 0 Å². The number of hydrogen-bond acceptors (Lipinski definition) is 4. The predicted octanol–water partition coefficient (Wildman–Crippen LogP) is 2.30. The van der Waals surface area contributed by atoms with Crippen molar-refractivity contribution < 1.29 is 9.59 Å². The number of carbonyl (C=O) groups is 2. The van der Waals surface area contributed by atoms with Crippen molar-refractivity contribution in [2.75, 3.05) is 11.9 Å². The molecule has 2 amide bonds. The van der Waals surface area contributed by atoms with E-state index >= 15 is 0 Å². The SMILES string of the molecule is C=CC(=O)NCCCCC(=O)Nc1ccc(CN=[N+]=[N-])nc1. The van der Waals surface area contributed by atoms with Gasteiger partial charge >= 0.3 is 0 Å². The van der Waals surface area contributed by atoms with Crippen molar-refractivity contribution in [3.8, 4) is 0 Å². The number of nitrogens with zero attached hydrogens (tertiary/aromatic N) is 4. The van der Waals surface area contributed by atoms with Gasteiger partial charge in [0.25, 0.3) is 0 Å². The number of nitrogens with one attached hydrogen (secondary N) is 2. The van der Waals surface area contributed by atoms with Gasteiger partial charge in [0.15, 0.2) is 0 Å². The van der Waals surface area contributed by atoms with Crippen LogP contribution in [0.1, 0.15) is 25.0 Å². The summed E-state index contributed by atoms with van der Waals surface area (Å²) in [5.74, 6) is -0.323. The Morgan fingerprint density at radius 3 is 2.86 bits per heavy atom. The quantitative estimate of drug-likeness (QED) is 0.239. The highest BCUT2D eigenvalue weighted by Crippen LogP contribution is 2.08. The average Bonchev–Trinajstić information content (AvgIpc) is 2.53. The molecule has 0 radical (unpaired) electrons. The fourth-order valence-electron chi connectivity index (χ4n) is 1.61. The number of rotatable bonds is 9. The number of unbranched alkanes of at least 4 members (excludes halogenated alkanes) is 1. The molecule has 0 aliphatic rings. The monoisotopic (exact) mass is 302 g/mol. The number of pyridine rings is 1. The number of carbonyl (C=O) groups excluding carboxylic acids is 2. The van der Waals surface area contributed by atoms with Gasteiger partial charge in [0, 0.05) is 23.6 Å². The molecule has 8 nitrogen and oxygen atoms in total. The topological polar surface area (TPSA) is 120 Å². The van der Waals surface area contributed by atoms with Gasteiger partial charge in [0.05, 0.1) is 18.4 Å². The second kappa shape index (κ2) is 9.95. The van der Waals surface area contributed by atoms with Gasteiger partial charge in [-0.15, -0.1) is 0 Å². The first-order valence-corrected chi connectivity index (χ1v) is 6.81. The number of aromatic nitrogens is 1. The fraction of sp³-hybridized carbons (Fsp3) is 0.357. The predicted molar refractivity (Wildman–Crippen MR) is 82.8 cm³/mol. The van der Waals surface area contributed by atoms with E-state index in [-0.39, 0.29) is 18.4 Å². The van der Waals surface area contributed by atoms with Gasteiger partial charge in [0.1, 0.15) is 0 Å². The van der Waals surface area contributed by atoms with Gasteiger partial charge in [-0.1, -0.05) is 11.7 Å². The zero-order valence-electron chi connectivity index (χ0n) is 12.2. The molecule has 0 aliphatic carbocycles. The van der Waals surface area contributed by atoms with Crippen LogP contribution in [0.4, 0.5) is 5.69 Å². The van der Waals surface area contributed by atoms with Gasteiger partial charge in [0.2, 0.25) is 11.8 Å². The lowest BCUT2D eigenvalue weighted by Gasteiger charge is -2.06. The standard InChI is InChI=1S/C14H18N6O2/c1-2-13(21)16-8-4-3-5-14(22)19-12-7-6-11(17-9-12)10-18-20-15/h2,6-7,9H,1,3-5,8,10H2,(H,16,21)(H,19,22). The Morgan fingerprint density at radius 1 is 1.41 bits per heavy atom. The molecule has 1 aromatic rings. The summed E-state index contributed by atoms with van der Waals surface area (Å²) in [6.45, 7) is 4.05. The van der Waals surface area contributed by atoms with Crippen LogP contribution in [0.5, 0.6) is 0 Å². The van der Waals surface area contributed by atoms with E-state index in [1.165, 1.54) is 12.3 Å². The lowest BCUT2D eigenvalue weighted by atomic mass is 10.2. The minimum absolute atomic E-state index is 0.111. The van der Waals surface area contributed by atoms with Crippen LogP contribution in [0.3, 0.4) is 0 Å². The van der Waals surface area contributed by atoms with Crippen molar-refractivity contribution in [3.05, 3.63) is 47.1 Å². The van der Waals surface area contributed by atoms with Crippen LogP contribution in [0.25, 0.3) is 10.4 Å². The molecule has 0 aromatic carbocycles. The second-order valence-electron chi connectivity index (χ2n) is 4.43. The largest absolute Gasteiger partial charge is 0.353 e. The van der Waals surface area contributed by atoms with Crippen molar-refractivity contribution >= 4 is 17.5 Å². The van der Waals surface area contributed by atoms with Crippen LogP contribution in [-0.2, 0) is 16.1 Å². The zero-order valence-corrected chi connectivity index (χ0v) is 12.2. The number of hydrogen-bond donors (Lipinski definition) is 2. The molecule has 1 aromatic heterocycles. The van der Waals surface area contributed by atoms with Crippen LogP contribution < -0.4 is 10.6 Å². The van der Waals surface area contributed by atoms with Gasteiger partial charge in [-0.2, -0.15) is 0 Å². The molecule has 0 bridgehead atoms. The third-order valence-corrected chi connectivity index (χ3v) is 2.72. The van der Waals surface area contributed by atoms with Crippen molar-refractivity contribution in [1.29, 1.82) is 0 Å². The van der Waals surface area contributed by atoms with Gasteiger partial charge in [-0.3, -0.25) is 14.6 Å². The van der Waals surface area contributed by atoms with E-state index in [1.807, 2.05) is 0 Å². The molecule has 0 saturated carbocycles. The molecular formula is C14H18N6O2. The summed E-state index contributed by atoms with van der Waals surface area (Å²) in [7, 11) is 0. The van der Waals surface area contributed by atoms with Gasteiger partial charge in [-0.25, -0.2) is 0 Å². The average molecular weight is 302 g/mol. The van der Waals surface area contributed by atoms with E-state index in [0.717, 1.165) is 6.42 Å². The zero-order chi connectivity index (χ0) is 16.2. The van der Waals surface area contributed by atoms with Crippen molar-refractivity contribution in [3.63, 3.8) is 0 Å². The van der Waals surface area contributed by atoms with E-state index in [4.69, 9.17) is 5.53 Å². The maximum Gasteiger partial charge on any atom is 0.243 e. The first-order valence-electron chi connectivity index (χ1n) is 6.81. The third kappa shape index (κ3) is 7.06. The normalized spacial score (nSPS) is 9.45. The summed E-state index contributed by atoms with van der Waals surface area (Å²) in [6, 6.07) is 3.40. The maximum atomic E-state index is 11.7. The molecule has 0 fully saturated rings. The molecule has 0 unspecified atom stereocenters. The third-order valence-electron chi connectivity index (χ3n) is 2.72. The highest BCUT2D eigenvalue weighted by molar-refractivity contribution is 5.90. The molecule has 1 rings (SSSR count). The molecule has 116 valence electrons. The lowest BCUT2D eigenvalue weighted by Crippen LogP contribution is -2.22. The van der Waals surface area contributed by atoms with E-state index in [2.05, 4.69) is 32.2 Å². The molecule has 0 aliphatic heterocycles. The molecule has 2 N–H and O–H groups in total. The Bertz CT molecular complexity index is 563. The molecule has 0 atom stereocenters. The van der Waals surface area contributed by atoms with E-state index in [9.17, 15) is 9.59 Å². The van der Waals surface area contributed by atoms with E-state index in [1.54, 1.807) is 12.1 Å². The Hall–Kier alpha value is -2.86. The van der Waals surface area contributed by atoms with E-state index in [0.29, 0.717) is 30.8 Å². The molecule has 1 heterocycles. The molecule has 0 spiro atoms. The van der Waals surface area contributed by atoms with Gasteiger partial charge in [-0.05, 0) is 36.6 Å². The van der Waals surface area contributed by atoms with Crippen molar-refractivity contribution in [1.82, 2.24) is 10.3 Å². The van der Waals surface area contributed by atoms with Crippen LogP contribution in [0.2, 0.25) is 0 Å².